The van der Waals surface area contributed by atoms with Gasteiger partial charge in [0.15, 0.2) is 0 Å². The third-order valence-corrected chi connectivity index (χ3v) is 2.11. The standard InChI is InChI=1S/C11H16ClNO/c1-8(2)14-11(7-13)9-4-3-5-10(12)6-9/h3-6,8,11H,7,13H2,1-2H3/t11-/m1/s1. The molecule has 0 spiro atoms. The number of benzene rings is 1. The SMILES string of the molecule is CC(C)O[C@H](CN)c1cccc(Cl)c1. The maximum atomic E-state index is 5.89. The maximum Gasteiger partial charge on any atom is 0.0951 e. The van der Waals surface area contributed by atoms with E-state index in [1.807, 2.05) is 38.1 Å². The lowest BCUT2D eigenvalue weighted by molar-refractivity contribution is 0.0120. The highest BCUT2D eigenvalue weighted by atomic mass is 35.5. The van der Waals surface area contributed by atoms with Crippen LogP contribution in [0, 0.1) is 0 Å². The molecule has 0 bridgehead atoms. The van der Waals surface area contributed by atoms with E-state index in [1.165, 1.54) is 0 Å². The van der Waals surface area contributed by atoms with Gasteiger partial charge in [-0.15, -0.1) is 0 Å². The van der Waals surface area contributed by atoms with Crippen molar-refractivity contribution in [1.29, 1.82) is 0 Å². The summed E-state index contributed by atoms with van der Waals surface area (Å²) in [6.45, 7) is 4.46. The van der Waals surface area contributed by atoms with Crippen LogP contribution in [-0.2, 0) is 4.74 Å². The van der Waals surface area contributed by atoms with Crippen LogP contribution in [-0.4, -0.2) is 12.6 Å². The first-order valence-corrected chi connectivity index (χ1v) is 5.12. The molecule has 0 unspecified atom stereocenters. The zero-order chi connectivity index (χ0) is 10.6. The van der Waals surface area contributed by atoms with Crippen molar-refractivity contribution in [1.82, 2.24) is 0 Å². The molecule has 0 aromatic heterocycles. The Morgan fingerprint density at radius 1 is 1.43 bits per heavy atom. The molecule has 1 aromatic carbocycles. The van der Waals surface area contributed by atoms with E-state index in [2.05, 4.69) is 0 Å². The van der Waals surface area contributed by atoms with Crippen molar-refractivity contribution in [3.63, 3.8) is 0 Å². The number of rotatable bonds is 4. The maximum absolute atomic E-state index is 5.89. The Balaban J connectivity index is 2.78. The Morgan fingerprint density at radius 2 is 2.14 bits per heavy atom. The molecular weight excluding hydrogens is 198 g/mol. The largest absolute Gasteiger partial charge is 0.370 e. The van der Waals surface area contributed by atoms with Gasteiger partial charge in [-0.25, -0.2) is 0 Å². The van der Waals surface area contributed by atoms with E-state index < -0.39 is 0 Å². The Labute approximate surface area is 90.0 Å². The average molecular weight is 214 g/mol. The minimum absolute atomic E-state index is 0.0614. The zero-order valence-electron chi connectivity index (χ0n) is 8.53. The zero-order valence-corrected chi connectivity index (χ0v) is 9.29. The first kappa shape index (κ1) is 11.5. The Hall–Kier alpha value is -0.570. The van der Waals surface area contributed by atoms with Gasteiger partial charge < -0.3 is 10.5 Å². The Kier molecular flexibility index (Phi) is 4.39. The van der Waals surface area contributed by atoms with Crippen LogP contribution in [0.2, 0.25) is 5.02 Å². The van der Waals surface area contributed by atoms with Crippen LogP contribution in [0.1, 0.15) is 25.5 Å². The first-order valence-electron chi connectivity index (χ1n) is 4.74. The lowest BCUT2D eigenvalue weighted by atomic mass is 10.1. The molecule has 0 saturated heterocycles. The molecule has 0 fully saturated rings. The molecule has 0 aliphatic carbocycles. The quantitative estimate of drug-likeness (QED) is 0.835. The molecule has 0 amide bonds. The van der Waals surface area contributed by atoms with Gasteiger partial charge in [0.1, 0.15) is 0 Å². The second-order valence-electron chi connectivity index (χ2n) is 3.46. The first-order chi connectivity index (χ1) is 6.63. The minimum atomic E-state index is -0.0614. The third kappa shape index (κ3) is 3.29. The molecule has 1 aromatic rings. The Morgan fingerprint density at radius 3 is 2.64 bits per heavy atom. The van der Waals surface area contributed by atoms with Crippen molar-refractivity contribution < 1.29 is 4.74 Å². The van der Waals surface area contributed by atoms with Crippen molar-refractivity contribution in [2.45, 2.75) is 26.1 Å². The summed E-state index contributed by atoms with van der Waals surface area (Å²) in [6, 6.07) is 7.62. The number of ether oxygens (including phenoxy) is 1. The molecule has 0 radical (unpaired) electrons. The van der Waals surface area contributed by atoms with Crippen LogP contribution in [0.4, 0.5) is 0 Å². The summed E-state index contributed by atoms with van der Waals surface area (Å²) in [5, 5.41) is 0.716. The highest BCUT2D eigenvalue weighted by molar-refractivity contribution is 6.30. The van der Waals surface area contributed by atoms with Crippen LogP contribution < -0.4 is 5.73 Å². The lowest BCUT2D eigenvalue weighted by Gasteiger charge is -2.19. The molecule has 78 valence electrons. The topological polar surface area (TPSA) is 35.2 Å². The summed E-state index contributed by atoms with van der Waals surface area (Å²) < 4.78 is 5.66. The van der Waals surface area contributed by atoms with Gasteiger partial charge >= 0.3 is 0 Å². The van der Waals surface area contributed by atoms with Crippen LogP contribution in [0.15, 0.2) is 24.3 Å². The van der Waals surface area contributed by atoms with E-state index in [1.54, 1.807) is 0 Å². The van der Waals surface area contributed by atoms with Gasteiger partial charge in [-0.05, 0) is 31.5 Å². The van der Waals surface area contributed by atoms with Gasteiger partial charge in [0.2, 0.25) is 0 Å². The number of hydrogen-bond donors (Lipinski definition) is 1. The summed E-state index contributed by atoms with van der Waals surface area (Å²) in [7, 11) is 0. The summed E-state index contributed by atoms with van der Waals surface area (Å²) in [5.41, 5.74) is 6.67. The molecule has 0 heterocycles. The van der Waals surface area contributed by atoms with Crippen molar-refractivity contribution >= 4 is 11.6 Å². The van der Waals surface area contributed by atoms with Crippen LogP contribution in [0.3, 0.4) is 0 Å². The molecular formula is C11H16ClNO. The average Bonchev–Trinajstić information content (AvgIpc) is 2.14. The molecule has 0 saturated carbocycles. The summed E-state index contributed by atoms with van der Waals surface area (Å²) in [6.07, 6.45) is 0.108. The van der Waals surface area contributed by atoms with Gasteiger partial charge in [-0.2, -0.15) is 0 Å². The molecule has 14 heavy (non-hydrogen) atoms. The molecule has 3 heteroatoms. The second-order valence-corrected chi connectivity index (χ2v) is 3.90. The lowest BCUT2D eigenvalue weighted by Crippen LogP contribution is -2.19. The van der Waals surface area contributed by atoms with Crippen molar-refractivity contribution in [3.8, 4) is 0 Å². The smallest absolute Gasteiger partial charge is 0.0951 e. The fourth-order valence-corrected chi connectivity index (χ4v) is 1.50. The normalized spacial score (nSPS) is 13.2. The summed E-state index contributed by atoms with van der Waals surface area (Å²) in [4.78, 5) is 0. The molecule has 0 aliphatic rings. The van der Waals surface area contributed by atoms with Gasteiger partial charge in [0, 0.05) is 11.6 Å². The van der Waals surface area contributed by atoms with Gasteiger partial charge in [-0.1, -0.05) is 23.7 Å². The van der Waals surface area contributed by atoms with Crippen LogP contribution >= 0.6 is 11.6 Å². The van der Waals surface area contributed by atoms with E-state index >= 15 is 0 Å². The molecule has 0 aliphatic heterocycles. The predicted molar refractivity (Wildman–Crippen MR) is 59.5 cm³/mol. The monoisotopic (exact) mass is 213 g/mol. The van der Waals surface area contributed by atoms with Gasteiger partial charge in [-0.3, -0.25) is 0 Å². The van der Waals surface area contributed by atoms with Gasteiger partial charge in [0.05, 0.1) is 12.2 Å². The molecule has 2 N–H and O–H groups in total. The fraction of sp³-hybridized carbons (Fsp3) is 0.455. The fourth-order valence-electron chi connectivity index (χ4n) is 1.31. The van der Waals surface area contributed by atoms with Gasteiger partial charge in [0.25, 0.3) is 0 Å². The van der Waals surface area contributed by atoms with E-state index in [-0.39, 0.29) is 12.2 Å². The van der Waals surface area contributed by atoms with Crippen LogP contribution in [0.25, 0.3) is 0 Å². The number of nitrogens with two attached hydrogens (primary N) is 1. The van der Waals surface area contributed by atoms with Crippen LogP contribution in [0.5, 0.6) is 0 Å². The highest BCUT2D eigenvalue weighted by Gasteiger charge is 2.11. The third-order valence-electron chi connectivity index (χ3n) is 1.87. The molecule has 2 nitrogen and oxygen atoms in total. The Bertz CT molecular complexity index is 288. The second kappa shape index (κ2) is 5.35. The number of halogens is 1. The molecule has 1 atom stereocenters. The van der Waals surface area contributed by atoms with E-state index in [4.69, 9.17) is 22.1 Å². The summed E-state index contributed by atoms with van der Waals surface area (Å²) in [5.74, 6) is 0. The highest BCUT2D eigenvalue weighted by Crippen LogP contribution is 2.21. The van der Waals surface area contributed by atoms with E-state index in [0.717, 1.165) is 5.56 Å². The molecule has 1 rings (SSSR count). The van der Waals surface area contributed by atoms with E-state index in [0.29, 0.717) is 11.6 Å². The minimum Gasteiger partial charge on any atom is -0.370 e. The van der Waals surface area contributed by atoms with Crippen molar-refractivity contribution in [2.24, 2.45) is 5.73 Å². The predicted octanol–water partition coefficient (Wildman–Crippen LogP) is 2.76. The van der Waals surface area contributed by atoms with E-state index in [9.17, 15) is 0 Å². The van der Waals surface area contributed by atoms with Crippen molar-refractivity contribution in [3.05, 3.63) is 34.9 Å². The number of hydrogen-bond acceptors (Lipinski definition) is 2. The van der Waals surface area contributed by atoms with Crippen molar-refractivity contribution in [2.75, 3.05) is 6.54 Å². The summed E-state index contributed by atoms with van der Waals surface area (Å²) >= 11 is 5.89.